The van der Waals surface area contributed by atoms with Crippen LogP contribution in [-0.4, -0.2) is 55.4 Å². The summed E-state index contributed by atoms with van der Waals surface area (Å²) < 4.78 is 36.5. The van der Waals surface area contributed by atoms with Gasteiger partial charge < -0.3 is 20.3 Å². The molecular formula is C28H32F2N8O2. The molecule has 210 valence electrons. The van der Waals surface area contributed by atoms with Crippen LogP contribution in [0.15, 0.2) is 48.9 Å². The van der Waals surface area contributed by atoms with Crippen LogP contribution in [0.1, 0.15) is 52.3 Å². The molecule has 1 aliphatic rings. The van der Waals surface area contributed by atoms with Gasteiger partial charge >= 0.3 is 6.09 Å². The molecule has 5 rings (SSSR count). The first-order valence-electron chi connectivity index (χ1n) is 13.2. The minimum Gasteiger partial charge on any atom is -0.444 e. The van der Waals surface area contributed by atoms with Crippen LogP contribution in [0.3, 0.4) is 0 Å². The summed E-state index contributed by atoms with van der Waals surface area (Å²) >= 11 is 0. The third kappa shape index (κ3) is 6.11. The lowest BCUT2D eigenvalue weighted by Crippen LogP contribution is -2.46. The fourth-order valence-corrected chi connectivity index (χ4v) is 4.60. The van der Waals surface area contributed by atoms with Gasteiger partial charge in [0.2, 0.25) is 5.82 Å². The smallest absolute Gasteiger partial charge is 0.407 e. The van der Waals surface area contributed by atoms with Gasteiger partial charge in [-0.25, -0.2) is 23.7 Å². The van der Waals surface area contributed by atoms with Crippen molar-refractivity contribution >= 4 is 23.2 Å². The predicted octanol–water partition coefficient (Wildman–Crippen LogP) is 5.13. The van der Waals surface area contributed by atoms with Crippen LogP contribution in [-0.2, 0) is 4.74 Å². The molecule has 0 bridgehead atoms. The monoisotopic (exact) mass is 550 g/mol. The number of anilines is 2. The molecule has 0 spiro atoms. The first-order valence-corrected chi connectivity index (χ1v) is 13.2. The molecule has 0 saturated carbocycles. The summed E-state index contributed by atoms with van der Waals surface area (Å²) in [6.07, 6.45) is 5.30. The molecule has 1 amide bonds. The van der Waals surface area contributed by atoms with Crippen molar-refractivity contribution in [2.45, 2.75) is 58.2 Å². The predicted molar refractivity (Wildman–Crippen MR) is 147 cm³/mol. The van der Waals surface area contributed by atoms with Gasteiger partial charge in [-0.1, -0.05) is 6.07 Å². The van der Waals surface area contributed by atoms with Gasteiger partial charge in [0.25, 0.3) is 0 Å². The lowest BCUT2D eigenvalue weighted by molar-refractivity contribution is 0.0497. The van der Waals surface area contributed by atoms with Gasteiger partial charge in [-0.05, 0) is 64.8 Å². The van der Waals surface area contributed by atoms with E-state index in [4.69, 9.17) is 4.74 Å². The molecule has 40 heavy (non-hydrogen) atoms. The van der Waals surface area contributed by atoms with Gasteiger partial charge in [-0.15, -0.1) is 0 Å². The molecule has 12 heteroatoms. The highest BCUT2D eigenvalue weighted by Crippen LogP contribution is 2.32. The van der Waals surface area contributed by atoms with E-state index in [0.29, 0.717) is 43.0 Å². The number of piperidine rings is 1. The number of aromatic nitrogens is 5. The van der Waals surface area contributed by atoms with Crippen LogP contribution in [0.4, 0.5) is 25.2 Å². The second-order valence-corrected chi connectivity index (χ2v) is 10.8. The summed E-state index contributed by atoms with van der Waals surface area (Å²) in [5.74, 6) is -0.590. The lowest BCUT2D eigenvalue weighted by Gasteiger charge is -2.34. The number of pyridine rings is 2. The van der Waals surface area contributed by atoms with E-state index in [1.54, 1.807) is 23.7 Å². The zero-order valence-corrected chi connectivity index (χ0v) is 22.9. The Kier molecular flexibility index (Phi) is 7.51. The fraction of sp³-hybridized carbons (Fsp3) is 0.393. The van der Waals surface area contributed by atoms with E-state index in [2.05, 4.69) is 30.7 Å². The molecule has 1 saturated heterocycles. The van der Waals surface area contributed by atoms with E-state index in [9.17, 15) is 9.18 Å². The molecule has 0 aliphatic carbocycles. The van der Waals surface area contributed by atoms with Crippen molar-refractivity contribution in [3.63, 3.8) is 0 Å². The van der Waals surface area contributed by atoms with Gasteiger partial charge in [0, 0.05) is 25.3 Å². The number of alkyl carbamates (subject to hydrolysis) is 1. The van der Waals surface area contributed by atoms with E-state index in [1.165, 1.54) is 6.07 Å². The standard InChI is InChI=1S/C28H32F2N8O2/c1-17(21-9-8-18(29)15-31-21)33-25-23(30)26(36-24(35-25)20-16-32-38-12-6-5-7-22(20)38)37-13-10-19(11-14-37)34-27(39)40-28(2,3)4/h5-9,12,15-17,19H,10-11,13-14H2,1-4H3,(H,34,39)(H,33,35,36). The zero-order valence-electron chi connectivity index (χ0n) is 22.9. The van der Waals surface area contributed by atoms with Crippen LogP contribution < -0.4 is 15.5 Å². The third-order valence-electron chi connectivity index (χ3n) is 6.56. The molecule has 5 heterocycles. The molecule has 0 aromatic carbocycles. The van der Waals surface area contributed by atoms with E-state index in [1.807, 2.05) is 50.1 Å². The molecule has 1 atom stereocenters. The average molecular weight is 551 g/mol. The number of nitrogens with one attached hydrogen (secondary N) is 2. The minimum atomic E-state index is -0.604. The number of nitrogens with zero attached hydrogens (tertiary/aromatic N) is 6. The summed E-state index contributed by atoms with van der Waals surface area (Å²) in [5, 5.41) is 10.4. The SMILES string of the molecule is CC(Nc1nc(-c2cnn3ccccc23)nc(N2CCC(NC(=O)OC(C)(C)C)CC2)c1F)c1ccc(F)cn1. The van der Waals surface area contributed by atoms with Crippen molar-refractivity contribution in [1.82, 2.24) is 29.9 Å². The highest BCUT2D eigenvalue weighted by Gasteiger charge is 2.28. The topological polar surface area (TPSA) is 110 Å². The summed E-state index contributed by atoms with van der Waals surface area (Å²) in [6.45, 7) is 8.17. The Morgan fingerprint density at radius 2 is 1.88 bits per heavy atom. The number of hydrogen-bond acceptors (Lipinski definition) is 8. The first-order chi connectivity index (χ1) is 19.1. The summed E-state index contributed by atoms with van der Waals surface area (Å²) in [6, 6.07) is 7.93. The van der Waals surface area contributed by atoms with E-state index in [0.717, 1.165) is 11.7 Å². The molecule has 1 unspecified atom stereocenters. The van der Waals surface area contributed by atoms with Crippen LogP contribution in [0.2, 0.25) is 0 Å². The third-order valence-corrected chi connectivity index (χ3v) is 6.56. The number of halogens is 2. The number of carbonyl (C=O) groups excluding carboxylic acids is 1. The Labute approximate surface area is 230 Å². The Morgan fingerprint density at radius 3 is 2.58 bits per heavy atom. The molecule has 10 nitrogen and oxygen atoms in total. The first kappa shape index (κ1) is 27.2. The van der Waals surface area contributed by atoms with Crippen molar-refractivity contribution in [2.24, 2.45) is 0 Å². The lowest BCUT2D eigenvalue weighted by atomic mass is 10.1. The number of amides is 1. The van der Waals surface area contributed by atoms with Crippen molar-refractivity contribution in [2.75, 3.05) is 23.3 Å². The van der Waals surface area contributed by atoms with Crippen molar-refractivity contribution in [1.29, 1.82) is 0 Å². The van der Waals surface area contributed by atoms with Gasteiger partial charge in [-0.2, -0.15) is 9.49 Å². The summed E-state index contributed by atoms with van der Waals surface area (Å²) in [7, 11) is 0. The van der Waals surface area contributed by atoms with Crippen LogP contribution in [0.25, 0.3) is 16.9 Å². The number of fused-ring (bicyclic) bond motifs is 1. The number of hydrogen-bond donors (Lipinski definition) is 2. The highest BCUT2D eigenvalue weighted by molar-refractivity contribution is 5.77. The number of carbonyl (C=O) groups is 1. The van der Waals surface area contributed by atoms with Crippen molar-refractivity contribution < 1.29 is 18.3 Å². The van der Waals surface area contributed by atoms with Crippen molar-refractivity contribution in [3.8, 4) is 11.4 Å². The quantitative estimate of drug-likeness (QED) is 0.340. The number of rotatable bonds is 6. The van der Waals surface area contributed by atoms with Crippen LogP contribution in [0.5, 0.6) is 0 Å². The minimum absolute atomic E-state index is 0.00269. The van der Waals surface area contributed by atoms with Gasteiger partial charge in [0.1, 0.15) is 11.4 Å². The maximum Gasteiger partial charge on any atom is 0.407 e. The summed E-state index contributed by atoms with van der Waals surface area (Å²) in [5.41, 5.74) is 1.37. The second kappa shape index (κ2) is 11.0. The van der Waals surface area contributed by atoms with E-state index >= 15 is 4.39 Å². The highest BCUT2D eigenvalue weighted by atomic mass is 19.1. The van der Waals surface area contributed by atoms with E-state index < -0.39 is 29.4 Å². The van der Waals surface area contributed by atoms with Gasteiger partial charge in [-0.3, -0.25) is 4.98 Å². The normalized spacial score (nSPS) is 15.2. The average Bonchev–Trinajstić information content (AvgIpc) is 3.34. The Bertz CT molecular complexity index is 1490. The van der Waals surface area contributed by atoms with Gasteiger partial charge in [0.15, 0.2) is 17.5 Å². The molecule has 1 fully saturated rings. The van der Waals surface area contributed by atoms with Crippen LogP contribution >= 0.6 is 0 Å². The Morgan fingerprint density at radius 1 is 1.10 bits per heavy atom. The Hall–Kier alpha value is -4.35. The largest absolute Gasteiger partial charge is 0.444 e. The summed E-state index contributed by atoms with van der Waals surface area (Å²) in [4.78, 5) is 27.4. The molecule has 1 aliphatic heterocycles. The van der Waals surface area contributed by atoms with Crippen molar-refractivity contribution in [3.05, 3.63) is 66.3 Å². The maximum atomic E-state index is 16.0. The zero-order chi connectivity index (χ0) is 28.4. The number of ether oxygens (including phenoxy) is 1. The fourth-order valence-electron chi connectivity index (χ4n) is 4.60. The molecule has 2 N–H and O–H groups in total. The maximum absolute atomic E-state index is 16.0. The molecule has 0 radical (unpaired) electrons. The molecular weight excluding hydrogens is 518 g/mol. The second-order valence-electron chi connectivity index (χ2n) is 10.8. The molecule has 4 aromatic rings. The Balaban J connectivity index is 1.43. The van der Waals surface area contributed by atoms with Crippen LogP contribution in [0, 0.1) is 11.6 Å². The van der Waals surface area contributed by atoms with Gasteiger partial charge in [0.05, 0.1) is 35.2 Å². The van der Waals surface area contributed by atoms with E-state index in [-0.39, 0.29) is 17.7 Å². The molecule has 4 aromatic heterocycles.